The van der Waals surface area contributed by atoms with Crippen molar-refractivity contribution < 1.29 is 9.21 Å². The van der Waals surface area contributed by atoms with Crippen molar-refractivity contribution in [3.8, 4) is 0 Å². The Morgan fingerprint density at radius 2 is 2.11 bits per heavy atom. The Labute approximate surface area is 115 Å². The zero-order valence-electron chi connectivity index (χ0n) is 11.9. The second-order valence-corrected chi connectivity index (χ2v) is 5.13. The van der Waals surface area contributed by atoms with E-state index in [9.17, 15) is 4.79 Å². The van der Waals surface area contributed by atoms with Crippen molar-refractivity contribution in [2.75, 3.05) is 19.6 Å². The number of likely N-dealkylation sites (tertiary alicyclic amines) is 1. The maximum atomic E-state index is 12.0. The minimum atomic E-state index is -0.0997. The molecule has 1 aromatic heterocycles. The first kappa shape index (κ1) is 14.1. The average molecular weight is 264 g/mol. The van der Waals surface area contributed by atoms with Gasteiger partial charge in [-0.15, -0.1) is 0 Å². The average Bonchev–Trinajstić information content (AvgIpc) is 3.10. The van der Waals surface area contributed by atoms with Gasteiger partial charge >= 0.3 is 0 Å². The molecule has 19 heavy (non-hydrogen) atoms. The summed E-state index contributed by atoms with van der Waals surface area (Å²) in [5.74, 6) is 1.18. The van der Waals surface area contributed by atoms with Crippen molar-refractivity contribution in [3.63, 3.8) is 0 Å². The molecule has 4 heteroatoms. The SMILES string of the molecule is CCc1ccc(C(=O)NCC(CC)N2CCCC2)o1. The van der Waals surface area contributed by atoms with Gasteiger partial charge in [-0.2, -0.15) is 0 Å². The molecule has 2 rings (SSSR count). The van der Waals surface area contributed by atoms with Crippen molar-refractivity contribution in [1.29, 1.82) is 0 Å². The minimum absolute atomic E-state index is 0.0997. The van der Waals surface area contributed by atoms with E-state index in [4.69, 9.17) is 4.42 Å². The fourth-order valence-corrected chi connectivity index (χ4v) is 2.63. The third kappa shape index (κ3) is 3.60. The highest BCUT2D eigenvalue weighted by Crippen LogP contribution is 2.14. The van der Waals surface area contributed by atoms with E-state index in [0.717, 1.165) is 31.7 Å². The van der Waals surface area contributed by atoms with Crippen molar-refractivity contribution in [1.82, 2.24) is 10.2 Å². The van der Waals surface area contributed by atoms with Crippen LogP contribution < -0.4 is 5.32 Å². The highest BCUT2D eigenvalue weighted by atomic mass is 16.3. The van der Waals surface area contributed by atoms with E-state index in [1.54, 1.807) is 6.07 Å². The largest absolute Gasteiger partial charge is 0.456 e. The van der Waals surface area contributed by atoms with Crippen LogP contribution in [0.2, 0.25) is 0 Å². The van der Waals surface area contributed by atoms with Crippen molar-refractivity contribution in [2.45, 2.75) is 45.6 Å². The van der Waals surface area contributed by atoms with Gasteiger partial charge < -0.3 is 9.73 Å². The Bertz CT molecular complexity index is 408. The molecule has 0 spiro atoms. The number of hydrogen-bond donors (Lipinski definition) is 1. The fraction of sp³-hybridized carbons (Fsp3) is 0.667. The molecule has 1 atom stereocenters. The Hall–Kier alpha value is -1.29. The molecule has 0 aliphatic carbocycles. The highest BCUT2D eigenvalue weighted by Gasteiger charge is 2.21. The molecule has 0 saturated carbocycles. The van der Waals surface area contributed by atoms with E-state index in [1.165, 1.54) is 12.8 Å². The number of nitrogens with zero attached hydrogens (tertiary/aromatic N) is 1. The summed E-state index contributed by atoms with van der Waals surface area (Å²) in [5.41, 5.74) is 0. The number of furan rings is 1. The van der Waals surface area contributed by atoms with E-state index in [0.29, 0.717) is 18.3 Å². The van der Waals surface area contributed by atoms with Crippen LogP contribution in [0, 0.1) is 0 Å². The smallest absolute Gasteiger partial charge is 0.287 e. The molecule has 2 heterocycles. The van der Waals surface area contributed by atoms with Gasteiger partial charge in [0.1, 0.15) is 5.76 Å². The van der Waals surface area contributed by atoms with Gasteiger partial charge in [0.2, 0.25) is 0 Å². The lowest BCUT2D eigenvalue weighted by atomic mass is 10.2. The summed E-state index contributed by atoms with van der Waals surface area (Å²) < 4.78 is 5.46. The number of nitrogens with one attached hydrogen (secondary N) is 1. The summed E-state index contributed by atoms with van der Waals surface area (Å²) in [5, 5.41) is 2.99. The molecular weight excluding hydrogens is 240 g/mol. The van der Waals surface area contributed by atoms with E-state index < -0.39 is 0 Å². The van der Waals surface area contributed by atoms with Gasteiger partial charge in [0.05, 0.1) is 0 Å². The molecule has 4 nitrogen and oxygen atoms in total. The first-order chi connectivity index (χ1) is 9.24. The molecule has 0 radical (unpaired) electrons. The Morgan fingerprint density at radius 3 is 2.68 bits per heavy atom. The molecule has 1 N–H and O–H groups in total. The minimum Gasteiger partial charge on any atom is -0.456 e. The molecule has 1 unspecified atom stereocenters. The van der Waals surface area contributed by atoms with Crippen LogP contribution in [0.3, 0.4) is 0 Å². The van der Waals surface area contributed by atoms with Crippen molar-refractivity contribution in [3.05, 3.63) is 23.7 Å². The summed E-state index contributed by atoms with van der Waals surface area (Å²) >= 11 is 0. The van der Waals surface area contributed by atoms with Crippen LogP contribution in [0.25, 0.3) is 0 Å². The Morgan fingerprint density at radius 1 is 1.37 bits per heavy atom. The Kier molecular flexibility index (Phi) is 5.02. The topological polar surface area (TPSA) is 45.5 Å². The highest BCUT2D eigenvalue weighted by molar-refractivity contribution is 5.91. The van der Waals surface area contributed by atoms with E-state index in [1.807, 2.05) is 13.0 Å². The monoisotopic (exact) mass is 264 g/mol. The number of carbonyl (C=O) groups excluding carboxylic acids is 1. The van der Waals surface area contributed by atoms with E-state index in [2.05, 4.69) is 17.1 Å². The molecule has 1 amide bonds. The van der Waals surface area contributed by atoms with Crippen LogP contribution in [0.4, 0.5) is 0 Å². The zero-order valence-corrected chi connectivity index (χ0v) is 11.9. The van der Waals surface area contributed by atoms with E-state index in [-0.39, 0.29) is 5.91 Å². The molecular formula is C15H24N2O2. The lowest BCUT2D eigenvalue weighted by Crippen LogP contribution is -2.42. The van der Waals surface area contributed by atoms with Gasteiger partial charge in [-0.1, -0.05) is 13.8 Å². The zero-order chi connectivity index (χ0) is 13.7. The van der Waals surface area contributed by atoms with Crippen LogP contribution in [0.1, 0.15) is 49.4 Å². The summed E-state index contributed by atoms with van der Waals surface area (Å²) in [7, 11) is 0. The maximum absolute atomic E-state index is 12.0. The molecule has 1 aliphatic heterocycles. The predicted octanol–water partition coefficient (Wildman–Crippen LogP) is 2.45. The molecule has 0 bridgehead atoms. The third-order valence-electron chi connectivity index (χ3n) is 3.86. The third-order valence-corrected chi connectivity index (χ3v) is 3.86. The number of aryl methyl sites for hydroxylation is 1. The van der Waals surface area contributed by atoms with Gasteiger partial charge in [0.25, 0.3) is 5.91 Å². The second-order valence-electron chi connectivity index (χ2n) is 5.13. The van der Waals surface area contributed by atoms with Crippen LogP contribution in [0.5, 0.6) is 0 Å². The van der Waals surface area contributed by atoms with Crippen LogP contribution >= 0.6 is 0 Å². The van der Waals surface area contributed by atoms with Gasteiger partial charge in [-0.05, 0) is 44.5 Å². The first-order valence-electron chi connectivity index (χ1n) is 7.35. The molecule has 1 aromatic rings. The molecule has 106 valence electrons. The molecule has 1 aliphatic rings. The van der Waals surface area contributed by atoms with Crippen LogP contribution in [0.15, 0.2) is 16.5 Å². The van der Waals surface area contributed by atoms with Crippen LogP contribution in [-0.2, 0) is 6.42 Å². The lowest BCUT2D eigenvalue weighted by molar-refractivity contribution is 0.0907. The molecule has 0 aromatic carbocycles. The van der Waals surface area contributed by atoms with Gasteiger partial charge in [-0.25, -0.2) is 0 Å². The standard InChI is InChI=1S/C15H24N2O2/c1-3-12(17-9-5-6-10-17)11-16-15(18)14-8-7-13(4-2)19-14/h7-8,12H,3-6,9-11H2,1-2H3,(H,16,18). The normalized spacial score (nSPS) is 17.6. The summed E-state index contributed by atoms with van der Waals surface area (Å²) in [6.07, 6.45) is 4.45. The van der Waals surface area contributed by atoms with Gasteiger partial charge in [0.15, 0.2) is 5.76 Å². The Balaban J connectivity index is 1.84. The lowest BCUT2D eigenvalue weighted by Gasteiger charge is -2.26. The van der Waals surface area contributed by atoms with Crippen molar-refractivity contribution in [2.24, 2.45) is 0 Å². The fourth-order valence-electron chi connectivity index (χ4n) is 2.63. The van der Waals surface area contributed by atoms with Gasteiger partial charge in [-0.3, -0.25) is 9.69 Å². The second kappa shape index (κ2) is 6.75. The van der Waals surface area contributed by atoms with E-state index >= 15 is 0 Å². The summed E-state index contributed by atoms with van der Waals surface area (Å²) in [6.45, 7) is 7.22. The summed E-state index contributed by atoms with van der Waals surface area (Å²) in [4.78, 5) is 14.5. The number of rotatable bonds is 6. The number of amides is 1. The first-order valence-corrected chi connectivity index (χ1v) is 7.35. The molecule has 1 fully saturated rings. The number of hydrogen-bond acceptors (Lipinski definition) is 3. The maximum Gasteiger partial charge on any atom is 0.287 e. The molecule has 1 saturated heterocycles. The van der Waals surface area contributed by atoms with Crippen LogP contribution in [-0.4, -0.2) is 36.5 Å². The summed E-state index contributed by atoms with van der Waals surface area (Å²) in [6, 6.07) is 4.07. The quantitative estimate of drug-likeness (QED) is 0.858. The van der Waals surface area contributed by atoms with Gasteiger partial charge in [0, 0.05) is 19.0 Å². The van der Waals surface area contributed by atoms with Crippen molar-refractivity contribution >= 4 is 5.91 Å². The predicted molar refractivity (Wildman–Crippen MR) is 75.3 cm³/mol. The number of carbonyl (C=O) groups is 1.